The summed E-state index contributed by atoms with van der Waals surface area (Å²) in [5.74, 6) is -0.0147. The van der Waals surface area contributed by atoms with Crippen LogP contribution in [-0.2, 0) is 6.18 Å². The fourth-order valence-corrected chi connectivity index (χ4v) is 2.25. The maximum absolute atomic E-state index is 12.9. The van der Waals surface area contributed by atoms with Crippen LogP contribution in [0, 0.1) is 0 Å². The van der Waals surface area contributed by atoms with Crippen molar-refractivity contribution in [3.05, 3.63) is 52.7 Å². The summed E-state index contributed by atoms with van der Waals surface area (Å²) in [4.78, 5) is 16.4. The fraction of sp³-hybridized carbons (Fsp3) is 0.294. The van der Waals surface area contributed by atoms with E-state index in [2.05, 4.69) is 15.6 Å². The molecule has 1 aromatic carbocycles. The molecular formula is C17H17ClF3N3O. The van der Waals surface area contributed by atoms with Gasteiger partial charge in [0.15, 0.2) is 0 Å². The smallest absolute Gasteiger partial charge is 0.368 e. The van der Waals surface area contributed by atoms with Gasteiger partial charge in [-0.3, -0.25) is 4.79 Å². The molecular weight excluding hydrogens is 355 g/mol. The van der Waals surface area contributed by atoms with E-state index in [1.54, 1.807) is 6.07 Å². The van der Waals surface area contributed by atoms with E-state index >= 15 is 0 Å². The Kier molecular flexibility index (Phi) is 5.89. The number of nitrogens with one attached hydrogen (secondary N) is 2. The first-order chi connectivity index (χ1) is 11.7. The van der Waals surface area contributed by atoms with Crippen molar-refractivity contribution in [2.24, 2.45) is 0 Å². The molecule has 2 aromatic rings. The van der Waals surface area contributed by atoms with E-state index in [-0.39, 0.29) is 17.3 Å². The number of carbonyl (C=O) groups is 1. The summed E-state index contributed by atoms with van der Waals surface area (Å²) in [6, 6.07) is 6.42. The summed E-state index contributed by atoms with van der Waals surface area (Å²) in [6.45, 7) is 3.98. The lowest BCUT2D eigenvalue weighted by atomic mass is 10.1. The van der Waals surface area contributed by atoms with Crippen molar-refractivity contribution >= 4 is 29.0 Å². The second kappa shape index (κ2) is 7.74. The predicted molar refractivity (Wildman–Crippen MR) is 92.0 cm³/mol. The third-order valence-electron chi connectivity index (χ3n) is 3.56. The number of benzene rings is 1. The number of amides is 1. The van der Waals surface area contributed by atoms with Gasteiger partial charge in [-0.05, 0) is 43.7 Å². The lowest BCUT2D eigenvalue weighted by Gasteiger charge is -2.13. The van der Waals surface area contributed by atoms with Crippen LogP contribution < -0.4 is 10.6 Å². The molecule has 1 amide bonds. The molecule has 0 saturated carbocycles. The van der Waals surface area contributed by atoms with Gasteiger partial charge in [0.1, 0.15) is 5.82 Å². The van der Waals surface area contributed by atoms with Gasteiger partial charge in [0.25, 0.3) is 5.91 Å². The summed E-state index contributed by atoms with van der Waals surface area (Å²) in [5, 5.41) is 5.15. The molecule has 1 unspecified atom stereocenters. The van der Waals surface area contributed by atoms with Crippen LogP contribution >= 0.6 is 11.6 Å². The van der Waals surface area contributed by atoms with Gasteiger partial charge in [-0.15, -0.1) is 0 Å². The molecule has 0 aliphatic rings. The molecule has 2 rings (SSSR count). The highest BCUT2D eigenvalue weighted by molar-refractivity contribution is 6.31. The fourth-order valence-electron chi connectivity index (χ4n) is 2.03. The Hall–Kier alpha value is -2.28. The van der Waals surface area contributed by atoms with Crippen molar-refractivity contribution in [2.45, 2.75) is 32.5 Å². The monoisotopic (exact) mass is 371 g/mol. The van der Waals surface area contributed by atoms with Crippen LogP contribution in [0.3, 0.4) is 0 Å². The molecule has 1 aromatic heterocycles. The third kappa shape index (κ3) is 5.09. The number of rotatable bonds is 5. The SMILES string of the molecule is CCC(C)Nc1cc(C(=O)Nc2ccc(Cl)c(C(F)(F)F)c2)ccn1. The van der Waals surface area contributed by atoms with Crippen molar-refractivity contribution in [1.29, 1.82) is 0 Å². The molecule has 0 radical (unpaired) electrons. The van der Waals surface area contributed by atoms with Crippen molar-refractivity contribution in [3.63, 3.8) is 0 Å². The zero-order valence-electron chi connectivity index (χ0n) is 13.6. The van der Waals surface area contributed by atoms with Crippen LogP contribution in [0.25, 0.3) is 0 Å². The van der Waals surface area contributed by atoms with E-state index in [1.165, 1.54) is 18.3 Å². The van der Waals surface area contributed by atoms with Gasteiger partial charge in [-0.25, -0.2) is 4.98 Å². The molecule has 0 fully saturated rings. The minimum absolute atomic E-state index is 0.00923. The number of alkyl halides is 3. The molecule has 1 heterocycles. The zero-order valence-corrected chi connectivity index (χ0v) is 14.4. The van der Waals surface area contributed by atoms with Gasteiger partial charge in [0.05, 0.1) is 10.6 Å². The first kappa shape index (κ1) is 19.1. The molecule has 1 atom stereocenters. The number of halogens is 4. The maximum atomic E-state index is 12.9. The van der Waals surface area contributed by atoms with Crippen LogP contribution in [0.1, 0.15) is 36.2 Å². The number of anilines is 2. The number of pyridine rings is 1. The summed E-state index contributed by atoms with van der Waals surface area (Å²) in [7, 11) is 0. The Morgan fingerprint density at radius 1 is 1.28 bits per heavy atom. The Labute approximate surface area is 148 Å². The minimum Gasteiger partial charge on any atom is -0.368 e. The predicted octanol–water partition coefficient (Wildman–Crippen LogP) is 5.22. The van der Waals surface area contributed by atoms with Gasteiger partial charge in [-0.1, -0.05) is 18.5 Å². The second-order valence-electron chi connectivity index (χ2n) is 5.53. The highest BCUT2D eigenvalue weighted by Gasteiger charge is 2.33. The van der Waals surface area contributed by atoms with E-state index in [0.29, 0.717) is 5.82 Å². The first-order valence-electron chi connectivity index (χ1n) is 7.61. The highest BCUT2D eigenvalue weighted by Crippen LogP contribution is 2.36. The average Bonchev–Trinajstić information content (AvgIpc) is 2.55. The summed E-state index contributed by atoms with van der Waals surface area (Å²) in [5.41, 5.74) is -0.708. The standard InChI is InChI=1S/C17H17ClF3N3O/c1-3-10(2)23-15-8-11(6-7-22-15)16(25)24-12-4-5-14(18)13(9-12)17(19,20)21/h4-10H,3H2,1-2H3,(H,22,23)(H,24,25). The second-order valence-corrected chi connectivity index (χ2v) is 5.94. The number of hydrogen-bond acceptors (Lipinski definition) is 3. The van der Waals surface area contributed by atoms with Crippen molar-refractivity contribution in [1.82, 2.24) is 4.98 Å². The molecule has 0 aliphatic heterocycles. The van der Waals surface area contributed by atoms with Gasteiger partial charge < -0.3 is 10.6 Å². The molecule has 0 aliphatic carbocycles. The first-order valence-corrected chi connectivity index (χ1v) is 7.99. The molecule has 4 nitrogen and oxygen atoms in total. The van der Waals surface area contributed by atoms with E-state index in [1.807, 2.05) is 13.8 Å². The lowest BCUT2D eigenvalue weighted by Crippen LogP contribution is -2.17. The Morgan fingerprint density at radius 2 is 2.00 bits per heavy atom. The van der Waals surface area contributed by atoms with E-state index in [0.717, 1.165) is 18.6 Å². The molecule has 0 spiro atoms. The van der Waals surface area contributed by atoms with Gasteiger partial charge in [0, 0.05) is 23.5 Å². The Morgan fingerprint density at radius 3 is 2.64 bits per heavy atom. The molecule has 134 valence electrons. The number of hydrogen-bond donors (Lipinski definition) is 2. The van der Waals surface area contributed by atoms with Gasteiger partial charge in [-0.2, -0.15) is 13.2 Å². The molecule has 2 N–H and O–H groups in total. The van der Waals surface area contributed by atoms with E-state index in [4.69, 9.17) is 11.6 Å². The van der Waals surface area contributed by atoms with Crippen LogP contribution in [0.15, 0.2) is 36.5 Å². The average molecular weight is 372 g/mol. The van der Waals surface area contributed by atoms with E-state index < -0.39 is 22.7 Å². The number of nitrogens with zero attached hydrogens (tertiary/aromatic N) is 1. The van der Waals surface area contributed by atoms with Crippen molar-refractivity contribution in [2.75, 3.05) is 10.6 Å². The summed E-state index contributed by atoms with van der Waals surface area (Å²) >= 11 is 5.57. The minimum atomic E-state index is -4.60. The van der Waals surface area contributed by atoms with Crippen LogP contribution in [-0.4, -0.2) is 16.9 Å². The normalized spacial score (nSPS) is 12.6. The van der Waals surface area contributed by atoms with Crippen molar-refractivity contribution < 1.29 is 18.0 Å². The lowest BCUT2D eigenvalue weighted by molar-refractivity contribution is -0.137. The third-order valence-corrected chi connectivity index (χ3v) is 3.89. The van der Waals surface area contributed by atoms with Crippen LogP contribution in [0.5, 0.6) is 0 Å². The quantitative estimate of drug-likeness (QED) is 0.758. The largest absolute Gasteiger partial charge is 0.417 e. The highest BCUT2D eigenvalue weighted by atomic mass is 35.5. The van der Waals surface area contributed by atoms with Crippen molar-refractivity contribution in [3.8, 4) is 0 Å². The van der Waals surface area contributed by atoms with E-state index in [9.17, 15) is 18.0 Å². The summed E-state index contributed by atoms with van der Waals surface area (Å²) < 4.78 is 38.7. The van der Waals surface area contributed by atoms with Gasteiger partial charge in [0.2, 0.25) is 0 Å². The van der Waals surface area contributed by atoms with Crippen LogP contribution in [0.2, 0.25) is 5.02 Å². The Balaban J connectivity index is 2.19. The zero-order chi connectivity index (χ0) is 18.6. The topological polar surface area (TPSA) is 54.0 Å². The van der Waals surface area contributed by atoms with Crippen LogP contribution in [0.4, 0.5) is 24.7 Å². The molecule has 25 heavy (non-hydrogen) atoms. The maximum Gasteiger partial charge on any atom is 0.417 e. The molecule has 0 bridgehead atoms. The number of carbonyl (C=O) groups excluding carboxylic acids is 1. The molecule has 0 saturated heterocycles. The van der Waals surface area contributed by atoms with Gasteiger partial charge >= 0.3 is 6.18 Å². The summed E-state index contributed by atoms with van der Waals surface area (Å²) in [6.07, 6.45) is -2.26. The number of aromatic nitrogens is 1. The molecule has 8 heteroatoms. The Bertz CT molecular complexity index is 765.